The third-order valence-electron chi connectivity index (χ3n) is 7.06. The Morgan fingerprint density at radius 3 is 2.51 bits per heavy atom. The van der Waals surface area contributed by atoms with E-state index in [4.69, 9.17) is 21.1 Å². The van der Waals surface area contributed by atoms with Crippen LogP contribution >= 0.6 is 11.6 Å². The number of methoxy groups -OCH3 is 1. The summed E-state index contributed by atoms with van der Waals surface area (Å²) in [6, 6.07) is 4.84. The number of nitrogens with one attached hydrogen (secondary N) is 1. The first kappa shape index (κ1) is 27.4. The Balaban J connectivity index is 1.92. The van der Waals surface area contributed by atoms with Crippen LogP contribution in [0.4, 0.5) is 0 Å². The van der Waals surface area contributed by atoms with Crippen molar-refractivity contribution in [3.63, 3.8) is 0 Å². The monoisotopic (exact) mass is 504 g/mol. The number of amides is 2. The Morgan fingerprint density at radius 2 is 1.89 bits per heavy atom. The van der Waals surface area contributed by atoms with Crippen LogP contribution in [0.2, 0.25) is 0 Å². The Hall–Kier alpha value is -2.21. The van der Waals surface area contributed by atoms with E-state index in [1.165, 1.54) is 31.3 Å². The molecule has 1 aromatic carbocycles. The Labute approximate surface area is 215 Å². The number of allylic oxidation sites excluding steroid dienone is 1. The quantitative estimate of drug-likeness (QED) is 0.230. The fourth-order valence-corrected chi connectivity index (χ4v) is 5.33. The Morgan fingerprint density at radius 1 is 1.11 bits per heavy atom. The van der Waals surface area contributed by atoms with Crippen molar-refractivity contribution in [1.29, 1.82) is 0 Å². The lowest BCUT2D eigenvalue weighted by Gasteiger charge is -2.33. The molecule has 1 N–H and O–H groups in total. The number of halogens is 1. The highest BCUT2D eigenvalue weighted by Gasteiger charge is 2.33. The molecular weight excluding hydrogens is 464 g/mol. The van der Waals surface area contributed by atoms with Crippen LogP contribution in [0, 0.1) is 0 Å². The van der Waals surface area contributed by atoms with Gasteiger partial charge in [0.25, 0.3) is 0 Å². The predicted molar refractivity (Wildman–Crippen MR) is 140 cm³/mol. The first-order valence-electron chi connectivity index (χ1n) is 13.2. The molecule has 2 aliphatic rings. The molecule has 0 saturated heterocycles. The van der Waals surface area contributed by atoms with E-state index in [-0.39, 0.29) is 23.7 Å². The molecule has 0 heterocycles. The second kappa shape index (κ2) is 14.4. The summed E-state index contributed by atoms with van der Waals surface area (Å²) < 4.78 is 11.2. The lowest BCUT2D eigenvalue weighted by molar-refractivity contribution is -0.139. The van der Waals surface area contributed by atoms with Gasteiger partial charge >= 0.3 is 0 Å². The zero-order valence-electron chi connectivity index (χ0n) is 21.3. The molecule has 6 nitrogen and oxygen atoms in total. The summed E-state index contributed by atoms with van der Waals surface area (Å²) in [6.07, 6.45) is 14.2. The molecule has 35 heavy (non-hydrogen) atoms. The highest BCUT2D eigenvalue weighted by atomic mass is 35.5. The van der Waals surface area contributed by atoms with Crippen LogP contribution in [0.5, 0.6) is 11.5 Å². The molecule has 1 atom stereocenters. The Bertz CT molecular complexity index is 865. The van der Waals surface area contributed by atoms with E-state index in [9.17, 15) is 9.59 Å². The molecule has 1 aromatic rings. The number of benzene rings is 1. The van der Waals surface area contributed by atoms with E-state index in [0.717, 1.165) is 44.9 Å². The molecule has 1 fully saturated rings. The number of ether oxygens (including phenoxy) is 2. The minimum atomic E-state index is -0.779. The van der Waals surface area contributed by atoms with Crippen LogP contribution in [0.25, 0.3) is 0 Å². The molecule has 194 valence electrons. The maximum Gasteiger partial charge on any atom is 0.247 e. The summed E-state index contributed by atoms with van der Waals surface area (Å²) in [6.45, 7) is 2.88. The highest BCUT2D eigenvalue weighted by molar-refractivity contribution is 6.27. The average Bonchev–Trinajstić information content (AvgIpc) is 3.15. The van der Waals surface area contributed by atoms with Gasteiger partial charge in [-0.15, -0.1) is 11.6 Å². The van der Waals surface area contributed by atoms with Gasteiger partial charge < -0.3 is 19.7 Å². The third kappa shape index (κ3) is 7.89. The minimum Gasteiger partial charge on any atom is -0.493 e. The van der Waals surface area contributed by atoms with Crippen molar-refractivity contribution in [2.24, 2.45) is 0 Å². The van der Waals surface area contributed by atoms with Crippen molar-refractivity contribution in [2.45, 2.75) is 89.6 Å². The summed E-state index contributed by atoms with van der Waals surface area (Å²) >= 11 is 6.06. The number of hydrogen-bond donors (Lipinski definition) is 1. The number of rotatable bonds is 11. The smallest absolute Gasteiger partial charge is 0.247 e. The van der Waals surface area contributed by atoms with Crippen LogP contribution in [0.15, 0.2) is 29.8 Å². The van der Waals surface area contributed by atoms with Gasteiger partial charge in [0.15, 0.2) is 11.5 Å². The SMILES string of the molecule is CCOc1ccc([C@H](C(=O)NC2CCCCCC2)N(CCC2=CCCCC2)C(=O)CCl)cc1OC. The Kier molecular flexibility index (Phi) is 11.2. The lowest BCUT2D eigenvalue weighted by Crippen LogP contribution is -2.47. The fraction of sp³-hybridized carbons (Fsp3) is 0.643. The molecular formula is C28H41ClN2O4. The van der Waals surface area contributed by atoms with Crippen LogP contribution in [-0.2, 0) is 9.59 Å². The van der Waals surface area contributed by atoms with Crippen LogP contribution in [-0.4, -0.2) is 48.9 Å². The van der Waals surface area contributed by atoms with Gasteiger partial charge in [0.2, 0.25) is 11.8 Å². The molecule has 0 spiro atoms. The molecule has 0 aromatic heterocycles. The van der Waals surface area contributed by atoms with E-state index >= 15 is 0 Å². The summed E-state index contributed by atoms with van der Waals surface area (Å²) in [7, 11) is 1.58. The number of alkyl halides is 1. The maximum absolute atomic E-state index is 13.8. The van der Waals surface area contributed by atoms with Gasteiger partial charge in [0.1, 0.15) is 11.9 Å². The maximum atomic E-state index is 13.8. The molecule has 0 unspecified atom stereocenters. The molecule has 0 aliphatic heterocycles. The predicted octanol–water partition coefficient (Wildman–Crippen LogP) is 5.93. The van der Waals surface area contributed by atoms with Crippen molar-refractivity contribution >= 4 is 23.4 Å². The zero-order valence-corrected chi connectivity index (χ0v) is 22.1. The number of nitrogens with zero attached hydrogens (tertiary/aromatic N) is 1. The van der Waals surface area contributed by atoms with Crippen molar-refractivity contribution in [1.82, 2.24) is 10.2 Å². The summed E-state index contributed by atoms with van der Waals surface area (Å²) in [5, 5.41) is 3.27. The first-order chi connectivity index (χ1) is 17.1. The molecule has 2 amide bonds. The third-order valence-corrected chi connectivity index (χ3v) is 7.29. The van der Waals surface area contributed by atoms with Gasteiger partial charge in [0, 0.05) is 12.6 Å². The molecule has 0 bridgehead atoms. The van der Waals surface area contributed by atoms with E-state index in [0.29, 0.717) is 30.2 Å². The summed E-state index contributed by atoms with van der Waals surface area (Å²) in [4.78, 5) is 28.6. The summed E-state index contributed by atoms with van der Waals surface area (Å²) in [5.74, 6) is 0.603. The van der Waals surface area contributed by atoms with E-state index in [1.54, 1.807) is 12.0 Å². The van der Waals surface area contributed by atoms with Crippen molar-refractivity contribution in [3.8, 4) is 11.5 Å². The molecule has 7 heteroatoms. The van der Waals surface area contributed by atoms with Crippen LogP contribution in [0.3, 0.4) is 0 Å². The number of carbonyl (C=O) groups excluding carboxylic acids is 2. The fourth-order valence-electron chi connectivity index (χ4n) is 5.18. The minimum absolute atomic E-state index is 0.131. The molecule has 0 radical (unpaired) electrons. The normalized spacial score (nSPS) is 17.6. The summed E-state index contributed by atoms with van der Waals surface area (Å²) in [5.41, 5.74) is 2.06. The van der Waals surface area contributed by atoms with Crippen molar-refractivity contribution in [2.75, 3.05) is 26.1 Å². The lowest BCUT2D eigenvalue weighted by atomic mass is 9.96. The van der Waals surface area contributed by atoms with E-state index in [1.807, 2.05) is 25.1 Å². The van der Waals surface area contributed by atoms with Gasteiger partial charge in [-0.05, 0) is 69.6 Å². The molecule has 1 saturated carbocycles. The number of hydrogen-bond acceptors (Lipinski definition) is 4. The van der Waals surface area contributed by atoms with Gasteiger partial charge in [-0.25, -0.2) is 0 Å². The first-order valence-corrected chi connectivity index (χ1v) is 13.7. The van der Waals surface area contributed by atoms with Gasteiger partial charge in [-0.3, -0.25) is 9.59 Å². The average molecular weight is 505 g/mol. The van der Waals surface area contributed by atoms with Gasteiger partial charge in [0.05, 0.1) is 13.7 Å². The highest BCUT2D eigenvalue weighted by Crippen LogP contribution is 2.34. The van der Waals surface area contributed by atoms with E-state index in [2.05, 4.69) is 11.4 Å². The van der Waals surface area contributed by atoms with Crippen molar-refractivity contribution < 1.29 is 19.1 Å². The number of carbonyl (C=O) groups is 2. The largest absolute Gasteiger partial charge is 0.493 e. The zero-order chi connectivity index (χ0) is 25.0. The molecule has 2 aliphatic carbocycles. The topological polar surface area (TPSA) is 67.9 Å². The van der Waals surface area contributed by atoms with Crippen LogP contribution in [0.1, 0.15) is 89.2 Å². The second-order valence-electron chi connectivity index (χ2n) is 9.52. The second-order valence-corrected chi connectivity index (χ2v) is 9.79. The molecule has 3 rings (SSSR count). The van der Waals surface area contributed by atoms with Gasteiger partial charge in [-0.2, -0.15) is 0 Å². The van der Waals surface area contributed by atoms with Gasteiger partial charge in [-0.1, -0.05) is 43.4 Å². The van der Waals surface area contributed by atoms with E-state index < -0.39 is 6.04 Å². The standard InChI is InChI=1S/C28H41ClN2O4/c1-3-35-24-16-15-22(19-25(24)34-2)27(28(33)30-23-13-9-4-5-10-14-23)31(26(32)20-29)18-17-21-11-7-6-8-12-21/h11,15-16,19,23,27H,3-10,12-14,17-18,20H2,1-2H3,(H,30,33)/t27-/m1/s1. The van der Waals surface area contributed by atoms with Crippen LogP contribution < -0.4 is 14.8 Å². The van der Waals surface area contributed by atoms with Crippen molar-refractivity contribution in [3.05, 3.63) is 35.4 Å².